The van der Waals surface area contributed by atoms with Gasteiger partial charge in [-0.25, -0.2) is 0 Å². The monoisotopic (exact) mass is 603 g/mol. The predicted octanol–water partition coefficient (Wildman–Crippen LogP) is 8.46. The first-order chi connectivity index (χ1) is 19.7. The molecule has 0 aliphatic carbocycles. The van der Waals surface area contributed by atoms with Gasteiger partial charge in [0.25, 0.3) is 0 Å². The first-order valence-corrected chi connectivity index (χ1v) is 15.4. The summed E-state index contributed by atoms with van der Waals surface area (Å²) >= 11 is 19.2. The molecule has 0 saturated carbocycles. The minimum absolute atomic E-state index is 0.124. The van der Waals surface area contributed by atoms with Gasteiger partial charge in [-0.3, -0.25) is 4.98 Å². The van der Waals surface area contributed by atoms with Crippen molar-refractivity contribution >= 4 is 51.9 Å². The lowest BCUT2D eigenvalue weighted by molar-refractivity contribution is 0.357. The average Bonchev–Trinajstić information content (AvgIpc) is 3.44. The molecule has 2 aliphatic heterocycles. The highest BCUT2D eigenvalue weighted by Gasteiger charge is 2.42. The molecule has 0 spiro atoms. The number of aromatic nitrogens is 2. The average molecular weight is 605 g/mol. The largest absolute Gasteiger partial charge is 0.370 e. The molecule has 2 saturated heterocycles. The van der Waals surface area contributed by atoms with Crippen molar-refractivity contribution in [1.29, 1.82) is 0 Å². The van der Waals surface area contributed by atoms with Crippen LogP contribution in [0.5, 0.6) is 0 Å². The van der Waals surface area contributed by atoms with Crippen molar-refractivity contribution in [2.75, 3.05) is 22.9 Å². The summed E-state index contributed by atoms with van der Waals surface area (Å²) in [5, 5.41) is 5.72. The number of benzene rings is 2. The summed E-state index contributed by atoms with van der Waals surface area (Å²) in [5.74, 6) is 1.29. The lowest BCUT2D eigenvalue weighted by atomic mass is 9.91. The first-order valence-electron chi connectivity index (χ1n) is 14.2. The van der Waals surface area contributed by atoms with Crippen molar-refractivity contribution in [3.05, 3.63) is 106 Å². The Bertz CT molecular complexity index is 1560. The van der Waals surface area contributed by atoms with Crippen molar-refractivity contribution in [3.8, 4) is 5.69 Å². The second kappa shape index (κ2) is 11.3. The van der Waals surface area contributed by atoms with Crippen LogP contribution in [0.4, 0.5) is 11.4 Å². The number of thiocarbonyl (C=S) groups is 1. The van der Waals surface area contributed by atoms with E-state index in [1.165, 1.54) is 12.0 Å². The van der Waals surface area contributed by atoms with E-state index in [0.717, 1.165) is 57.3 Å². The third kappa shape index (κ3) is 5.33. The van der Waals surface area contributed by atoms with Gasteiger partial charge in [0.1, 0.15) is 0 Å². The van der Waals surface area contributed by atoms with Crippen LogP contribution in [0.2, 0.25) is 10.0 Å². The van der Waals surface area contributed by atoms with Crippen LogP contribution >= 0.6 is 35.4 Å². The Morgan fingerprint density at radius 2 is 1.61 bits per heavy atom. The van der Waals surface area contributed by atoms with Crippen LogP contribution in [0.3, 0.4) is 0 Å². The Kier molecular flexibility index (Phi) is 7.75. The minimum atomic E-state index is -0.134. The molecule has 212 valence electrons. The van der Waals surface area contributed by atoms with E-state index in [4.69, 9.17) is 40.4 Å². The lowest BCUT2D eigenvalue weighted by Crippen LogP contribution is -2.38. The summed E-state index contributed by atoms with van der Waals surface area (Å²) < 4.78 is 2.27. The standard InChI is InChI=1S/C33H35Cl2N5S/c1-20-15-21(2)19-38(18-20)30-13-12-26(17-28(30)35)40-32(31(37-33(40)41)29-7-5-6-14-36-29)27-16-22(3)39(23(27)4)25-10-8-24(34)9-11-25/h5-14,16-17,20-21,31-32H,15,18-19H2,1-4H3,(H,37,41)/t20-,21+,31-,32-/m0/s1. The smallest absolute Gasteiger partial charge is 0.174 e. The number of pyridine rings is 1. The Labute approximate surface area is 258 Å². The number of halogens is 2. The van der Waals surface area contributed by atoms with Gasteiger partial charge in [0.15, 0.2) is 5.11 Å². The molecule has 4 aromatic rings. The highest BCUT2D eigenvalue weighted by molar-refractivity contribution is 7.80. The molecule has 2 aliphatic rings. The maximum Gasteiger partial charge on any atom is 0.174 e. The summed E-state index contributed by atoms with van der Waals surface area (Å²) in [6.07, 6.45) is 3.09. The van der Waals surface area contributed by atoms with Crippen LogP contribution in [0, 0.1) is 25.7 Å². The van der Waals surface area contributed by atoms with E-state index in [-0.39, 0.29) is 12.1 Å². The van der Waals surface area contributed by atoms with Gasteiger partial charge in [-0.05, 0) is 111 Å². The van der Waals surface area contributed by atoms with Crippen LogP contribution < -0.4 is 15.1 Å². The molecule has 6 rings (SSSR count). The molecule has 41 heavy (non-hydrogen) atoms. The predicted molar refractivity (Wildman–Crippen MR) is 175 cm³/mol. The molecular weight excluding hydrogens is 569 g/mol. The molecule has 1 N–H and O–H groups in total. The zero-order valence-corrected chi connectivity index (χ0v) is 26.1. The molecule has 4 atom stereocenters. The van der Waals surface area contributed by atoms with Gasteiger partial charge in [0, 0.05) is 47.1 Å². The highest BCUT2D eigenvalue weighted by Crippen LogP contribution is 2.45. The van der Waals surface area contributed by atoms with E-state index in [1.54, 1.807) is 0 Å². The molecule has 8 heteroatoms. The van der Waals surface area contributed by atoms with Crippen molar-refractivity contribution < 1.29 is 0 Å². The van der Waals surface area contributed by atoms with E-state index in [0.29, 0.717) is 16.9 Å². The normalized spacial score (nSPS) is 22.7. The van der Waals surface area contributed by atoms with Gasteiger partial charge in [-0.2, -0.15) is 0 Å². The van der Waals surface area contributed by atoms with Crippen LogP contribution in [0.15, 0.2) is 72.9 Å². The van der Waals surface area contributed by atoms with Gasteiger partial charge in [0.05, 0.1) is 28.5 Å². The van der Waals surface area contributed by atoms with Gasteiger partial charge < -0.3 is 19.7 Å². The molecule has 5 nitrogen and oxygen atoms in total. The number of rotatable bonds is 5. The minimum Gasteiger partial charge on any atom is -0.370 e. The molecule has 2 fully saturated rings. The van der Waals surface area contributed by atoms with Crippen LogP contribution in [0.1, 0.15) is 55.0 Å². The number of aryl methyl sites for hydroxylation is 1. The Morgan fingerprint density at radius 3 is 2.27 bits per heavy atom. The van der Waals surface area contributed by atoms with E-state index in [1.807, 2.05) is 30.5 Å². The van der Waals surface area contributed by atoms with E-state index in [9.17, 15) is 0 Å². The fourth-order valence-electron chi connectivity index (χ4n) is 6.79. The number of nitrogens with zero attached hydrogens (tertiary/aromatic N) is 4. The number of piperidine rings is 1. The number of nitrogens with one attached hydrogen (secondary N) is 1. The SMILES string of the molecule is Cc1cc([C@H]2[C@H](c3ccccn3)NC(=S)N2c2ccc(N3C[C@H](C)C[C@H](C)C3)c(Cl)c2)c(C)n1-c1ccc(Cl)cc1. The second-order valence-corrected chi connectivity index (χ2v) is 12.9. The molecule has 0 unspecified atom stereocenters. The quantitative estimate of drug-likeness (QED) is 0.231. The fourth-order valence-corrected chi connectivity index (χ4v) is 7.55. The van der Waals surface area contributed by atoms with Gasteiger partial charge in [-0.1, -0.05) is 43.1 Å². The summed E-state index contributed by atoms with van der Waals surface area (Å²) in [5.41, 5.74) is 7.53. The van der Waals surface area contributed by atoms with Gasteiger partial charge in [-0.15, -0.1) is 0 Å². The second-order valence-electron chi connectivity index (χ2n) is 11.6. The summed E-state index contributed by atoms with van der Waals surface area (Å²) in [7, 11) is 0. The zero-order valence-electron chi connectivity index (χ0n) is 23.8. The van der Waals surface area contributed by atoms with Crippen molar-refractivity contribution in [2.45, 2.75) is 46.2 Å². The Morgan fingerprint density at radius 1 is 0.902 bits per heavy atom. The van der Waals surface area contributed by atoms with E-state index < -0.39 is 0 Å². The molecule has 4 heterocycles. The summed E-state index contributed by atoms with van der Waals surface area (Å²) in [6.45, 7) is 11.0. The number of anilines is 2. The van der Waals surface area contributed by atoms with Gasteiger partial charge in [0.2, 0.25) is 0 Å². The fraction of sp³-hybridized carbons (Fsp3) is 0.333. The molecule has 0 bridgehead atoms. The first kappa shape index (κ1) is 28.1. The third-order valence-corrected chi connectivity index (χ3v) is 9.26. The number of hydrogen-bond donors (Lipinski definition) is 1. The maximum absolute atomic E-state index is 7.03. The molecule has 0 amide bonds. The van der Waals surface area contributed by atoms with Crippen molar-refractivity contribution in [2.24, 2.45) is 11.8 Å². The van der Waals surface area contributed by atoms with Gasteiger partial charge >= 0.3 is 0 Å². The van der Waals surface area contributed by atoms with Crippen LogP contribution in [-0.2, 0) is 0 Å². The van der Waals surface area contributed by atoms with E-state index in [2.05, 4.69) is 89.8 Å². The Balaban J connectivity index is 1.44. The molecule has 0 radical (unpaired) electrons. The molecule has 2 aromatic heterocycles. The summed E-state index contributed by atoms with van der Waals surface area (Å²) in [6, 6.07) is 22.4. The zero-order chi connectivity index (χ0) is 28.8. The molecule has 2 aromatic carbocycles. The van der Waals surface area contributed by atoms with Crippen LogP contribution in [0.25, 0.3) is 5.69 Å². The van der Waals surface area contributed by atoms with Crippen molar-refractivity contribution in [1.82, 2.24) is 14.9 Å². The van der Waals surface area contributed by atoms with Crippen LogP contribution in [-0.4, -0.2) is 27.8 Å². The molecular formula is C33H35Cl2N5S. The van der Waals surface area contributed by atoms with Crippen molar-refractivity contribution in [3.63, 3.8) is 0 Å². The topological polar surface area (TPSA) is 36.3 Å². The Hall–Kier alpha value is -3.06. The summed E-state index contributed by atoms with van der Waals surface area (Å²) in [4.78, 5) is 9.37. The number of hydrogen-bond acceptors (Lipinski definition) is 3. The highest BCUT2D eigenvalue weighted by atomic mass is 35.5. The maximum atomic E-state index is 7.03. The third-order valence-electron chi connectivity index (χ3n) is 8.39. The van der Waals surface area contributed by atoms with E-state index >= 15 is 0 Å². The lowest BCUT2D eigenvalue weighted by Gasteiger charge is -2.37.